The number of nitrogens with one attached hydrogen (secondary N) is 2. The lowest BCUT2D eigenvalue weighted by atomic mass is 10.2. The second kappa shape index (κ2) is 9.94. The van der Waals surface area contributed by atoms with Crippen molar-refractivity contribution in [3.8, 4) is 0 Å². The molecule has 0 heterocycles. The molecular formula is C20H24ClN3O2. The maximum absolute atomic E-state index is 12.3. The molecule has 2 aromatic carbocycles. The Labute approximate surface area is 159 Å². The van der Waals surface area contributed by atoms with E-state index >= 15 is 0 Å². The number of hydrogen-bond donors (Lipinski definition) is 2. The van der Waals surface area contributed by atoms with E-state index in [0.29, 0.717) is 29.4 Å². The van der Waals surface area contributed by atoms with E-state index in [1.807, 2.05) is 49.2 Å². The third kappa shape index (κ3) is 6.50. The number of likely N-dealkylation sites (N-methyl/N-ethyl adjacent to an activating group) is 1. The highest BCUT2D eigenvalue weighted by Gasteiger charge is 2.11. The van der Waals surface area contributed by atoms with Crippen molar-refractivity contribution >= 4 is 34.8 Å². The molecule has 0 bridgehead atoms. The summed E-state index contributed by atoms with van der Waals surface area (Å²) in [6, 6.07) is 15.0. The Hall–Kier alpha value is -2.37. The van der Waals surface area contributed by atoms with Crippen LogP contribution in [0.1, 0.15) is 25.3 Å². The quantitative estimate of drug-likeness (QED) is 0.730. The van der Waals surface area contributed by atoms with Crippen LogP contribution in [0.5, 0.6) is 0 Å². The van der Waals surface area contributed by atoms with Crippen LogP contribution in [0.2, 0.25) is 5.02 Å². The number of hydrogen-bond acceptors (Lipinski definition) is 3. The van der Waals surface area contributed by atoms with Gasteiger partial charge in [-0.3, -0.25) is 14.5 Å². The van der Waals surface area contributed by atoms with E-state index in [1.165, 1.54) is 0 Å². The van der Waals surface area contributed by atoms with Gasteiger partial charge in [-0.1, -0.05) is 48.9 Å². The minimum Gasteiger partial charge on any atom is -0.326 e. The lowest BCUT2D eigenvalue weighted by molar-refractivity contribution is -0.117. The summed E-state index contributed by atoms with van der Waals surface area (Å²) in [6.07, 6.45) is 1.23. The monoisotopic (exact) mass is 373 g/mol. The van der Waals surface area contributed by atoms with E-state index in [-0.39, 0.29) is 18.4 Å². The average molecular weight is 374 g/mol. The molecule has 0 unspecified atom stereocenters. The van der Waals surface area contributed by atoms with Gasteiger partial charge in [-0.25, -0.2) is 0 Å². The van der Waals surface area contributed by atoms with Crippen LogP contribution in [-0.4, -0.2) is 30.3 Å². The summed E-state index contributed by atoms with van der Waals surface area (Å²) in [7, 11) is 1.88. The predicted octanol–water partition coefficient (Wildman–Crippen LogP) is 4.15. The SMILES string of the molecule is CCCC(=O)Nc1ccc(Cl)c(NC(=O)CN(C)Cc2ccccc2)c1. The molecule has 0 aliphatic heterocycles. The van der Waals surface area contributed by atoms with Crippen LogP contribution < -0.4 is 10.6 Å². The van der Waals surface area contributed by atoms with E-state index in [0.717, 1.165) is 12.0 Å². The molecule has 0 saturated carbocycles. The molecule has 0 atom stereocenters. The van der Waals surface area contributed by atoms with Crippen LogP contribution in [0.4, 0.5) is 11.4 Å². The standard InChI is InChI=1S/C20H24ClN3O2/c1-3-7-19(25)22-16-10-11-17(21)18(12-16)23-20(26)14-24(2)13-15-8-5-4-6-9-15/h4-6,8-12H,3,7,13-14H2,1-2H3,(H,22,25)(H,23,26). The number of rotatable bonds is 8. The van der Waals surface area contributed by atoms with Crippen LogP contribution in [0, 0.1) is 0 Å². The number of benzene rings is 2. The number of anilines is 2. The normalized spacial score (nSPS) is 10.6. The molecule has 2 amide bonds. The molecule has 0 radical (unpaired) electrons. The third-order valence-electron chi connectivity index (χ3n) is 3.71. The number of nitrogens with zero attached hydrogens (tertiary/aromatic N) is 1. The topological polar surface area (TPSA) is 61.4 Å². The Bertz CT molecular complexity index is 750. The minimum absolute atomic E-state index is 0.0605. The van der Waals surface area contributed by atoms with Gasteiger partial charge in [0.1, 0.15) is 0 Å². The third-order valence-corrected chi connectivity index (χ3v) is 4.04. The molecule has 26 heavy (non-hydrogen) atoms. The first-order chi connectivity index (χ1) is 12.5. The van der Waals surface area contributed by atoms with Gasteiger partial charge in [-0.05, 0) is 37.2 Å². The summed E-state index contributed by atoms with van der Waals surface area (Å²) in [5.74, 6) is -0.225. The highest BCUT2D eigenvalue weighted by Crippen LogP contribution is 2.25. The summed E-state index contributed by atoms with van der Waals surface area (Å²) < 4.78 is 0. The molecule has 2 N–H and O–H groups in total. The highest BCUT2D eigenvalue weighted by molar-refractivity contribution is 6.33. The summed E-state index contributed by atoms with van der Waals surface area (Å²) in [5, 5.41) is 6.03. The first-order valence-corrected chi connectivity index (χ1v) is 8.97. The van der Waals surface area contributed by atoms with Crippen LogP contribution in [-0.2, 0) is 16.1 Å². The van der Waals surface area contributed by atoms with Gasteiger partial charge in [0.25, 0.3) is 0 Å². The van der Waals surface area contributed by atoms with E-state index in [9.17, 15) is 9.59 Å². The zero-order valence-corrected chi connectivity index (χ0v) is 15.8. The van der Waals surface area contributed by atoms with Crippen LogP contribution in [0.15, 0.2) is 48.5 Å². The number of carbonyl (C=O) groups is 2. The Balaban J connectivity index is 1.94. The summed E-state index contributed by atoms with van der Waals surface area (Å²) >= 11 is 6.16. The second-order valence-electron chi connectivity index (χ2n) is 6.20. The number of halogens is 1. The van der Waals surface area contributed by atoms with Crippen molar-refractivity contribution in [2.24, 2.45) is 0 Å². The van der Waals surface area contributed by atoms with E-state index in [2.05, 4.69) is 10.6 Å². The Morgan fingerprint density at radius 1 is 1.04 bits per heavy atom. The smallest absolute Gasteiger partial charge is 0.238 e. The van der Waals surface area contributed by atoms with Crippen molar-refractivity contribution in [1.29, 1.82) is 0 Å². The van der Waals surface area contributed by atoms with Gasteiger partial charge in [0.05, 0.1) is 17.3 Å². The molecular weight excluding hydrogens is 350 g/mol. The molecule has 0 spiro atoms. The lowest BCUT2D eigenvalue weighted by Gasteiger charge is -2.17. The van der Waals surface area contributed by atoms with Gasteiger partial charge in [0.2, 0.25) is 11.8 Å². The van der Waals surface area contributed by atoms with Gasteiger partial charge in [-0.2, -0.15) is 0 Å². The zero-order valence-electron chi connectivity index (χ0n) is 15.1. The van der Waals surface area contributed by atoms with Gasteiger partial charge < -0.3 is 10.6 Å². The Kier molecular flexibility index (Phi) is 7.63. The van der Waals surface area contributed by atoms with Crippen molar-refractivity contribution in [3.05, 3.63) is 59.1 Å². The molecule has 2 rings (SSSR count). The summed E-state index contributed by atoms with van der Waals surface area (Å²) in [5.41, 5.74) is 2.24. The fourth-order valence-corrected chi connectivity index (χ4v) is 2.70. The molecule has 0 aromatic heterocycles. The molecule has 2 aromatic rings. The predicted molar refractivity (Wildman–Crippen MR) is 106 cm³/mol. The average Bonchev–Trinajstić information content (AvgIpc) is 2.58. The number of amides is 2. The molecule has 0 aliphatic rings. The highest BCUT2D eigenvalue weighted by atomic mass is 35.5. The molecule has 5 nitrogen and oxygen atoms in total. The fraction of sp³-hybridized carbons (Fsp3) is 0.300. The van der Waals surface area contributed by atoms with E-state index in [1.54, 1.807) is 18.2 Å². The fourth-order valence-electron chi connectivity index (χ4n) is 2.54. The largest absolute Gasteiger partial charge is 0.326 e. The maximum atomic E-state index is 12.3. The molecule has 0 fully saturated rings. The van der Waals surface area contributed by atoms with Crippen molar-refractivity contribution in [3.63, 3.8) is 0 Å². The van der Waals surface area contributed by atoms with E-state index in [4.69, 9.17) is 11.6 Å². The first kappa shape index (κ1) is 19.9. The van der Waals surface area contributed by atoms with Gasteiger partial charge in [-0.15, -0.1) is 0 Å². The van der Waals surface area contributed by atoms with Gasteiger partial charge >= 0.3 is 0 Å². The Morgan fingerprint density at radius 3 is 2.46 bits per heavy atom. The van der Waals surface area contributed by atoms with Crippen LogP contribution in [0.3, 0.4) is 0 Å². The van der Waals surface area contributed by atoms with E-state index < -0.39 is 0 Å². The van der Waals surface area contributed by atoms with Gasteiger partial charge in [0, 0.05) is 18.7 Å². The van der Waals surface area contributed by atoms with Crippen LogP contribution in [0.25, 0.3) is 0 Å². The maximum Gasteiger partial charge on any atom is 0.238 e. The Morgan fingerprint density at radius 2 is 1.77 bits per heavy atom. The number of carbonyl (C=O) groups excluding carboxylic acids is 2. The second-order valence-corrected chi connectivity index (χ2v) is 6.61. The molecule has 0 saturated heterocycles. The minimum atomic E-state index is -0.164. The van der Waals surface area contributed by atoms with Crippen molar-refractivity contribution in [1.82, 2.24) is 4.90 Å². The summed E-state index contributed by atoms with van der Waals surface area (Å²) in [6.45, 7) is 2.85. The zero-order chi connectivity index (χ0) is 18.9. The first-order valence-electron chi connectivity index (χ1n) is 8.59. The van der Waals surface area contributed by atoms with Crippen molar-refractivity contribution in [2.75, 3.05) is 24.2 Å². The van der Waals surface area contributed by atoms with Crippen molar-refractivity contribution in [2.45, 2.75) is 26.3 Å². The van der Waals surface area contributed by atoms with Crippen molar-refractivity contribution < 1.29 is 9.59 Å². The van der Waals surface area contributed by atoms with Crippen LogP contribution >= 0.6 is 11.6 Å². The summed E-state index contributed by atoms with van der Waals surface area (Å²) in [4.78, 5) is 25.9. The molecule has 0 aliphatic carbocycles. The van der Waals surface area contributed by atoms with Gasteiger partial charge in [0.15, 0.2) is 0 Å². The molecule has 6 heteroatoms. The lowest BCUT2D eigenvalue weighted by Crippen LogP contribution is -2.29. The molecule has 138 valence electrons.